The molecule has 17 heavy (non-hydrogen) atoms. The fourth-order valence-electron chi connectivity index (χ4n) is 1.41. The fraction of sp³-hybridized carbons (Fsp3) is 0.333. The molecule has 1 aromatic carbocycles. The maximum absolute atomic E-state index is 11.9. The molecule has 92 valence electrons. The molecule has 0 aliphatic heterocycles. The van der Waals surface area contributed by atoms with Crippen molar-refractivity contribution in [2.45, 2.75) is 25.7 Å². The van der Waals surface area contributed by atoms with E-state index in [0.29, 0.717) is 24.8 Å². The third-order valence-corrected chi connectivity index (χ3v) is 3.46. The predicted octanol–water partition coefficient (Wildman–Crippen LogP) is 4.04. The van der Waals surface area contributed by atoms with Gasteiger partial charge in [-0.25, -0.2) is 0 Å². The lowest BCUT2D eigenvalue weighted by Crippen LogP contribution is -2.01. The first kappa shape index (κ1) is 14.4. The number of aliphatic carboxylic acids is 1. The minimum Gasteiger partial charge on any atom is -0.481 e. The molecule has 1 aromatic rings. The van der Waals surface area contributed by atoms with E-state index in [1.165, 1.54) is 0 Å². The van der Waals surface area contributed by atoms with E-state index in [1.54, 1.807) is 6.07 Å². The van der Waals surface area contributed by atoms with Crippen LogP contribution in [0.5, 0.6) is 0 Å². The number of rotatable bonds is 6. The third kappa shape index (κ3) is 5.00. The zero-order chi connectivity index (χ0) is 12.8. The molecule has 0 aromatic heterocycles. The lowest BCUT2D eigenvalue weighted by molar-refractivity contribution is -0.137. The Morgan fingerprint density at radius 3 is 2.41 bits per heavy atom. The van der Waals surface area contributed by atoms with E-state index < -0.39 is 5.97 Å². The fourth-order valence-corrected chi connectivity index (χ4v) is 2.24. The number of carbonyl (C=O) groups is 2. The molecule has 0 unspecified atom stereocenters. The Balaban J connectivity index is 2.52. The molecule has 0 aliphatic rings. The molecular formula is C12H12Br2O3. The molecule has 1 N–H and O–H groups in total. The number of halogens is 2. The molecule has 3 nitrogen and oxygen atoms in total. The zero-order valence-electron chi connectivity index (χ0n) is 9.08. The number of carboxylic acid groups (broad SMARTS) is 1. The Morgan fingerprint density at radius 2 is 1.76 bits per heavy atom. The standard InChI is InChI=1S/C12H12Br2O3/c13-8-5-6-10(14)9(7-8)11(15)3-1-2-4-12(16)17/h5-7H,1-4H2,(H,16,17). The van der Waals surface area contributed by atoms with Crippen LogP contribution >= 0.6 is 31.9 Å². The second kappa shape index (κ2) is 6.91. The first-order valence-electron chi connectivity index (χ1n) is 5.20. The quantitative estimate of drug-likeness (QED) is 0.613. The van der Waals surface area contributed by atoms with Crippen molar-refractivity contribution in [1.29, 1.82) is 0 Å². The first-order chi connectivity index (χ1) is 8.00. The molecule has 1 rings (SSSR count). The van der Waals surface area contributed by atoms with Gasteiger partial charge >= 0.3 is 5.97 Å². The van der Waals surface area contributed by atoms with Crippen LogP contribution in [0.15, 0.2) is 27.1 Å². The normalized spacial score (nSPS) is 10.2. The maximum atomic E-state index is 11.9. The highest BCUT2D eigenvalue weighted by Gasteiger charge is 2.10. The van der Waals surface area contributed by atoms with Crippen LogP contribution in [0.1, 0.15) is 36.0 Å². The number of carboxylic acids is 1. The summed E-state index contributed by atoms with van der Waals surface area (Å²) in [5.74, 6) is -0.787. The van der Waals surface area contributed by atoms with Crippen molar-refractivity contribution in [3.8, 4) is 0 Å². The van der Waals surface area contributed by atoms with Gasteiger partial charge in [0, 0.05) is 27.4 Å². The molecular weight excluding hydrogens is 352 g/mol. The monoisotopic (exact) mass is 362 g/mol. The van der Waals surface area contributed by atoms with Crippen LogP contribution in [0.3, 0.4) is 0 Å². The molecule has 0 radical (unpaired) electrons. The molecule has 0 fully saturated rings. The van der Waals surface area contributed by atoms with Gasteiger partial charge in [-0.05, 0) is 31.0 Å². The van der Waals surface area contributed by atoms with Gasteiger partial charge in [0.05, 0.1) is 0 Å². The highest BCUT2D eigenvalue weighted by Crippen LogP contribution is 2.23. The Bertz CT molecular complexity index is 430. The average Bonchev–Trinajstić information content (AvgIpc) is 2.27. The van der Waals surface area contributed by atoms with E-state index in [-0.39, 0.29) is 12.2 Å². The number of hydrogen-bond acceptors (Lipinski definition) is 2. The van der Waals surface area contributed by atoms with E-state index in [2.05, 4.69) is 31.9 Å². The smallest absolute Gasteiger partial charge is 0.303 e. The average molecular weight is 364 g/mol. The first-order valence-corrected chi connectivity index (χ1v) is 6.79. The number of ketones is 1. The van der Waals surface area contributed by atoms with Crippen LogP contribution < -0.4 is 0 Å². The summed E-state index contributed by atoms with van der Waals surface area (Å²) in [6.45, 7) is 0. The number of unbranched alkanes of at least 4 members (excludes halogenated alkanes) is 1. The molecule has 0 saturated heterocycles. The van der Waals surface area contributed by atoms with E-state index in [0.717, 1.165) is 8.95 Å². The minimum atomic E-state index is -0.818. The Hall–Kier alpha value is -0.680. The second-order valence-electron chi connectivity index (χ2n) is 3.65. The van der Waals surface area contributed by atoms with Crippen LogP contribution in [-0.2, 0) is 4.79 Å². The van der Waals surface area contributed by atoms with Gasteiger partial charge in [-0.3, -0.25) is 9.59 Å². The summed E-state index contributed by atoms with van der Waals surface area (Å²) in [6, 6.07) is 5.43. The largest absolute Gasteiger partial charge is 0.481 e. The summed E-state index contributed by atoms with van der Waals surface area (Å²) in [5, 5.41) is 8.48. The molecule has 0 atom stereocenters. The maximum Gasteiger partial charge on any atom is 0.303 e. The molecule has 0 spiro atoms. The number of benzene rings is 1. The van der Waals surface area contributed by atoms with Gasteiger partial charge in [0.1, 0.15) is 0 Å². The number of hydrogen-bond donors (Lipinski definition) is 1. The Labute approximate surface area is 116 Å². The van der Waals surface area contributed by atoms with Crippen LogP contribution in [0, 0.1) is 0 Å². The van der Waals surface area contributed by atoms with E-state index in [4.69, 9.17) is 5.11 Å². The minimum absolute atomic E-state index is 0.0311. The highest BCUT2D eigenvalue weighted by molar-refractivity contribution is 9.11. The number of carbonyl (C=O) groups excluding carboxylic acids is 1. The van der Waals surface area contributed by atoms with Crippen molar-refractivity contribution in [2.75, 3.05) is 0 Å². The lowest BCUT2D eigenvalue weighted by atomic mass is 10.0. The van der Waals surface area contributed by atoms with Crippen molar-refractivity contribution in [3.63, 3.8) is 0 Å². The number of Topliss-reactive ketones (excluding diaryl/α,β-unsaturated/α-hetero) is 1. The van der Waals surface area contributed by atoms with Gasteiger partial charge in [-0.15, -0.1) is 0 Å². The second-order valence-corrected chi connectivity index (χ2v) is 5.42. The molecule has 0 bridgehead atoms. The van der Waals surface area contributed by atoms with Gasteiger partial charge in [0.25, 0.3) is 0 Å². The summed E-state index contributed by atoms with van der Waals surface area (Å²) in [4.78, 5) is 22.2. The zero-order valence-corrected chi connectivity index (χ0v) is 12.3. The van der Waals surface area contributed by atoms with E-state index in [1.807, 2.05) is 12.1 Å². The molecule has 0 aliphatic carbocycles. The predicted molar refractivity (Wildman–Crippen MR) is 72.3 cm³/mol. The van der Waals surface area contributed by atoms with Crippen molar-refractivity contribution in [3.05, 3.63) is 32.7 Å². The van der Waals surface area contributed by atoms with Gasteiger partial charge in [0.2, 0.25) is 0 Å². The van der Waals surface area contributed by atoms with E-state index >= 15 is 0 Å². The van der Waals surface area contributed by atoms with Crippen LogP contribution in [0.25, 0.3) is 0 Å². The molecule has 5 heteroatoms. The third-order valence-electron chi connectivity index (χ3n) is 2.27. The van der Waals surface area contributed by atoms with Crippen molar-refractivity contribution in [1.82, 2.24) is 0 Å². The van der Waals surface area contributed by atoms with Gasteiger partial charge in [0.15, 0.2) is 5.78 Å². The Morgan fingerprint density at radius 1 is 1.12 bits per heavy atom. The van der Waals surface area contributed by atoms with Crippen molar-refractivity contribution >= 4 is 43.6 Å². The van der Waals surface area contributed by atoms with Gasteiger partial charge in [-0.2, -0.15) is 0 Å². The summed E-state index contributed by atoms with van der Waals surface area (Å²) in [6.07, 6.45) is 1.63. The van der Waals surface area contributed by atoms with Crippen molar-refractivity contribution in [2.24, 2.45) is 0 Å². The molecule has 0 saturated carbocycles. The van der Waals surface area contributed by atoms with E-state index in [9.17, 15) is 9.59 Å². The van der Waals surface area contributed by atoms with Crippen LogP contribution in [0.2, 0.25) is 0 Å². The van der Waals surface area contributed by atoms with Gasteiger partial charge in [-0.1, -0.05) is 31.9 Å². The molecule has 0 heterocycles. The van der Waals surface area contributed by atoms with Crippen LogP contribution in [0.4, 0.5) is 0 Å². The highest BCUT2D eigenvalue weighted by atomic mass is 79.9. The molecule has 0 amide bonds. The topological polar surface area (TPSA) is 54.4 Å². The summed E-state index contributed by atoms with van der Waals surface area (Å²) >= 11 is 6.64. The van der Waals surface area contributed by atoms with Crippen molar-refractivity contribution < 1.29 is 14.7 Å². The SMILES string of the molecule is O=C(O)CCCCC(=O)c1cc(Br)ccc1Br. The summed E-state index contributed by atoms with van der Waals surface area (Å²) in [7, 11) is 0. The Kier molecular flexibility index (Phi) is 5.85. The summed E-state index contributed by atoms with van der Waals surface area (Å²) in [5.41, 5.74) is 0.634. The van der Waals surface area contributed by atoms with Gasteiger partial charge < -0.3 is 5.11 Å². The summed E-state index contributed by atoms with van der Waals surface area (Å²) < 4.78 is 1.62. The lowest BCUT2D eigenvalue weighted by Gasteiger charge is -2.04. The van der Waals surface area contributed by atoms with Crippen LogP contribution in [-0.4, -0.2) is 16.9 Å².